The zero-order chi connectivity index (χ0) is 15.8. The molecule has 2 saturated heterocycles. The maximum Gasteiger partial charge on any atom is 0.324 e. The van der Waals surface area contributed by atoms with Gasteiger partial charge in [0.25, 0.3) is 0 Å². The summed E-state index contributed by atoms with van der Waals surface area (Å²) in [4.78, 5) is 16.3. The molecule has 2 aliphatic rings. The fourth-order valence-corrected chi connectivity index (χ4v) is 4.75. The van der Waals surface area contributed by atoms with Gasteiger partial charge in [-0.1, -0.05) is 60.7 Å². The molecule has 0 aromatic heterocycles. The number of nitrogens with zero attached hydrogens (tertiary/aromatic N) is 2. The highest BCUT2D eigenvalue weighted by atomic mass is 32.2. The molecule has 0 radical (unpaired) electrons. The largest absolute Gasteiger partial charge is 0.371 e. The summed E-state index contributed by atoms with van der Waals surface area (Å²) < 4.78 is 0. The maximum absolute atomic E-state index is 12.9. The van der Waals surface area contributed by atoms with Gasteiger partial charge in [0.2, 0.25) is 0 Å². The predicted molar refractivity (Wildman–Crippen MR) is 90.7 cm³/mol. The first-order valence-corrected chi connectivity index (χ1v) is 8.78. The second-order valence-electron chi connectivity index (χ2n) is 5.88. The molecule has 2 aromatic carbocycles. The standard InChI is InChI=1S/C18H18N2O2S/c21-16-15-12-23-17(14-9-5-2-6-10-14)20(15)18(22)19(16)11-13-7-3-1-4-8-13/h1-10,15-17,21H,11-12H2/t15-,16+,17+/m1/s1. The normalized spacial score (nSPS) is 26.7. The van der Waals surface area contributed by atoms with E-state index >= 15 is 0 Å². The van der Waals surface area contributed by atoms with Crippen molar-refractivity contribution in [2.24, 2.45) is 0 Å². The number of benzene rings is 2. The Balaban J connectivity index is 1.59. The Kier molecular flexibility index (Phi) is 3.75. The van der Waals surface area contributed by atoms with Crippen molar-refractivity contribution in [1.82, 2.24) is 9.80 Å². The summed E-state index contributed by atoms with van der Waals surface area (Å²) in [6, 6.07) is 19.6. The van der Waals surface area contributed by atoms with E-state index in [1.165, 1.54) is 0 Å². The molecule has 3 atom stereocenters. The summed E-state index contributed by atoms with van der Waals surface area (Å²) in [5, 5.41) is 10.6. The lowest BCUT2D eigenvalue weighted by molar-refractivity contribution is 0.0363. The van der Waals surface area contributed by atoms with Crippen LogP contribution in [0.2, 0.25) is 0 Å². The number of amides is 2. The molecule has 0 saturated carbocycles. The summed E-state index contributed by atoms with van der Waals surface area (Å²) in [6.07, 6.45) is -0.746. The Morgan fingerprint density at radius 2 is 1.70 bits per heavy atom. The molecule has 4 rings (SSSR count). The number of urea groups is 1. The number of hydrogen-bond acceptors (Lipinski definition) is 3. The van der Waals surface area contributed by atoms with Crippen LogP contribution < -0.4 is 0 Å². The van der Waals surface area contributed by atoms with Crippen LogP contribution in [0.15, 0.2) is 60.7 Å². The van der Waals surface area contributed by atoms with E-state index in [-0.39, 0.29) is 17.4 Å². The molecule has 2 heterocycles. The van der Waals surface area contributed by atoms with E-state index in [1.54, 1.807) is 16.7 Å². The first-order chi connectivity index (χ1) is 11.3. The molecular formula is C18H18N2O2S. The number of aliphatic hydroxyl groups is 1. The van der Waals surface area contributed by atoms with Gasteiger partial charge in [-0.15, -0.1) is 11.8 Å². The number of rotatable bonds is 3. The second-order valence-corrected chi connectivity index (χ2v) is 6.99. The van der Waals surface area contributed by atoms with Gasteiger partial charge >= 0.3 is 6.03 Å². The van der Waals surface area contributed by atoms with Gasteiger partial charge in [0.1, 0.15) is 5.37 Å². The Hall–Kier alpha value is -1.98. The lowest BCUT2D eigenvalue weighted by atomic mass is 10.2. The van der Waals surface area contributed by atoms with Gasteiger partial charge in [-0.05, 0) is 11.1 Å². The van der Waals surface area contributed by atoms with Gasteiger partial charge in [-0.25, -0.2) is 4.79 Å². The van der Waals surface area contributed by atoms with Crippen LogP contribution in [0.5, 0.6) is 0 Å². The molecule has 4 nitrogen and oxygen atoms in total. The van der Waals surface area contributed by atoms with E-state index in [0.29, 0.717) is 6.54 Å². The van der Waals surface area contributed by atoms with Crippen LogP contribution in [-0.2, 0) is 6.54 Å². The molecule has 1 N–H and O–H groups in total. The van der Waals surface area contributed by atoms with Crippen molar-refractivity contribution >= 4 is 17.8 Å². The Bertz CT molecular complexity index is 695. The smallest absolute Gasteiger partial charge is 0.324 e. The highest BCUT2D eigenvalue weighted by Crippen LogP contribution is 2.46. The fourth-order valence-electron chi connectivity index (χ4n) is 3.28. The van der Waals surface area contributed by atoms with E-state index in [9.17, 15) is 9.90 Å². The van der Waals surface area contributed by atoms with Crippen molar-refractivity contribution in [2.45, 2.75) is 24.2 Å². The van der Waals surface area contributed by atoms with Crippen molar-refractivity contribution in [3.63, 3.8) is 0 Å². The van der Waals surface area contributed by atoms with Gasteiger partial charge in [-0.3, -0.25) is 4.90 Å². The van der Waals surface area contributed by atoms with E-state index in [0.717, 1.165) is 16.9 Å². The summed E-state index contributed by atoms with van der Waals surface area (Å²) >= 11 is 1.72. The Labute approximate surface area is 139 Å². The monoisotopic (exact) mass is 326 g/mol. The minimum atomic E-state index is -0.746. The third-order valence-corrected chi connectivity index (χ3v) is 5.79. The third-order valence-electron chi connectivity index (χ3n) is 4.45. The van der Waals surface area contributed by atoms with Crippen LogP contribution in [0.25, 0.3) is 0 Å². The molecule has 2 aromatic rings. The van der Waals surface area contributed by atoms with E-state index in [4.69, 9.17) is 0 Å². The number of fused-ring (bicyclic) bond motifs is 1. The quantitative estimate of drug-likeness (QED) is 0.943. The molecular weight excluding hydrogens is 308 g/mol. The lowest BCUT2D eigenvalue weighted by Gasteiger charge is -2.24. The van der Waals surface area contributed by atoms with Crippen LogP contribution >= 0.6 is 11.8 Å². The van der Waals surface area contributed by atoms with Crippen molar-refractivity contribution in [3.8, 4) is 0 Å². The average molecular weight is 326 g/mol. The lowest BCUT2D eigenvalue weighted by Crippen LogP contribution is -2.36. The van der Waals surface area contributed by atoms with Crippen LogP contribution in [0.3, 0.4) is 0 Å². The number of thioether (sulfide) groups is 1. The average Bonchev–Trinajstić information content (AvgIpc) is 3.13. The fraction of sp³-hybridized carbons (Fsp3) is 0.278. The number of aliphatic hydroxyl groups excluding tert-OH is 1. The first-order valence-electron chi connectivity index (χ1n) is 7.73. The highest BCUT2D eigenvalue weighted by Gasteiger charge is 2.52. The summed E-state index contributed by atoms with van der Waals surface area (Å²) in [5.41, 5.74) is 2.15. The number of carbonyl (C=O) groups is 1. The second kappa shape index (κ2) is 5.91. The van der Waals surface area contributed by atoms with Crippen molar-refractivity contribution in [1.29, 1.82) is 0 Å². The van der Waals surface area contributed by atoms with E-state index in [2.05, 4.69) is 0 Å². The van der Waals surface area contributed by atoms with Crippen molar-refractivity contribution in [2.75, 3.05) is 5.75 Å². The van der Waals surface area contributed by atoms with Crippen LogP contribution in [0.1, 0.15) is 16.5 Å². The molecule has 0 unspecified atom stereocenters. The zero-order valence-electron chi connectivity index (χ0n) is 12.6. The predicted octanol–water partition coefficient (Wildman–Crippen LogP) is 3.06. The molecule has 2 aliphatic heterocycles. The molecule has 23 heavy (non-hydrogen) atoms. The van der Waals surface area contributed by atoms with Gasteiger partial charge in [0.15, 0.2) is 6.23 Å². The maximum atomic E-state index is 12.9. The molecule has 0 bridgehead atoms. The number of carbonyl (C=O) groups excluding carboxylic acids is 1. The third kappa shape index (κ3) is 2.50. The Morgan fingerprint density at radius 3 is 2.39 bits per heavy atom. The molecule has 2 amide bonds. The molecule has 0 spiro atoms. The van der Waals surface area contributed by atoms with Crippen LogP contribution in [-0.4, -0.2) is 39.0 Å². The minimum absolute atomic E-state index is 0.0101. The zero-order valence-corrected chi connectivity index (χ0v) is 13.4. The van der Waals surface area contributed by atoms with E-state index in [1.807, 2.05) is 65.6 Å². The summed E-state index contributed by atoms with van der Waals surface area (Å²) in [7, 11) is 0. The van der Waals surface area contributed by atoms with Gasteiger partial charge < -0.3 is 10.0 Å². The van der Waals surface area contributed by atoms with E-state index < -0.39 is 6.23 Å². The molecule has 0 aliphatic carbocycles. The minimum Gasteiger partial charge on any atom is -0.371 e. The van der Waals surface area contributed by atoms with Crippen molar-refractivity contribution < 1.29 is 9.90 Å². The Morgan fingerprint density at radius 1 is 1.04 bits per heavy atom. The first kappa shape index (κ1) is 14.6. The SMILES string of the molecule is O=C1N(Cc2ccccc2)[C@@H](O)[C@H]2CS[C@@H](c3ccccc3)N12. The van der Waals surface area contributed by atoms with Gasteiger partial charge in [0.05, 0.1) is 12.6 Å². The molecule has 5 heteroatoms. The van der Waals surface area contributed by atoms with Crippen LogP contribution in [0, 0.1) is 0 Å². The topological polar surface area (TPSA) is 43.8 Å². The highest BCUT2D eigenvalue weighted by molar-refractivity contribution is 7.99. The van der Waals surface area contributed by atoms with Gasteiger partial charge in [0, 0.05) is 5.75 Å². The summed E-state index contributed by atoms with van der Waals surface area (Å²) in [6.45, 7) is 0.444. The van der Waals surface area contributed by atoms with Crippen molar-refractivity contribution in [3.05, 3.63) is 71.8 Å². The molecule has 2 fully saturated rings. The number of hydrogen-bond donors (Lipinski definition) is 1. The summed E-state index contributed by atoms with van der Waals surface area (Å²) in [5.74, 6) is 0.762. The van der Waals surface area contributed by atoms with Gasteiger partial charge in [-0.2, -0.15) is 0 Å². The van der Waals surface area contributed by atoms with Crippen LogP contribution in [0.4, 0.5) is 4.79 Å². The molecule has 118 valence electrons.